The zero-order chi connectivity index (χ0) is 6.91. The maximum absolute atomic E-state index is 12.7. The molecule has 1 heterocycles. The zero-order valence-electron chi connectivity index (χ0n) is 5.76. The van der Waals surface area contributed by atoms with E-state index in [2.05, 4.69) is 4.74 Å². The molecule has 1 fully saturated rings. The minimum Gasteiger partial charge on any atom is -0.481 e. The van der Waals surface area contributed by atoms with Gasteiger partial charge >= 0.3 is 5.97 Å². The first-order valence-electron chi connectivity index (χ1n) is 2.61. The summed E-state index contributed by atoms with van der Waals surface area (Å²) in [5.74, 6) is -1.11. The second-order valence-electron chi connectivity index (χ2n) is 2.21. The Kier molecular flexibility index (Phi) is 3.80. The van der Waals surface area contributed by atoms with Crippen LogP contribution in [0.25, 0.3) is 0 Å². The van der Waals surface area contributed by atoms with E-state index in [9.17, 15) is 9.18 Å². The van der Waals surface area contributed by atoms with E-state index in [-0.39, 0.29) is 42.8 Å². The van der Waals surface area contributed by atoms with Gasteiger partial charge in [-0.1, -0.05) is 0 Å². The van der Waals surface area contributed by atoms with Crippen molar-refractivity contribution in [2.45, 2.75) is 12.1 Å². The van der Waals surface area contributed by atoms with Crippen LogP contribution in [0.5, 0.6) is 0 Å². The quantitative estimate of drug-likeness (QED) is 0.565. The number of hydrogen-bond donors (Lipinski definition) is 1. The summed E-state index contributed by atoms with van der Waals surface area (Å²) in [6.45, 7) is -0.140. The first kappa shape index (κ1) is 10.4. The molecule has 53 valence electrons. The van der Waals surface area contributed by atoms with Gasteiger partial charge in [0.15, 0.2) is 5.67 Å². The summed E-state index contributed by atoms with van der Waals surface area (Å²) in [7, 11) is 0. The molecule has 0 amide bonds. The van der Waals surface area contributed by atoms with Gasteiger partial charge in [-0.3, -0.25) is 4.79 Å². The van der Waals surface area contributed by atoms with Crippen molar-refractivity contribution >= 4 is 35.5 Å². The third-order valence-corrected chi connectivity index (χ3v) is 1.19. The maximum atomic E-state index is 12.7. The zero-order valence-corrected chi connectivity index (χ0v) is 7.76. The van der Waals surface area contributed by atoms with Crippen LogP contribution in [0.1, 0.15) is 6.42 Å². The first-order chi connectivity index (χ1) is 4.12. The fourth-order valence-electron chi connectivity index (χ4n) is 0.697. The molecular weight excluding hydrogens is 150 g/mol. The molecule has 3 nitrogen and oxygen atoms in total. The number of carboxylic acid groups (broad SMARTS) is 1. The van der Waals surface area contributed by atoms with Gasteiger partial charge in [0.05, 0.1) is 19.6 Å². The SMILES string of the molecule is O=C(O)CC1(F)COC1.[Na]. The fraction of sp³-hybridized carbons (Fsp3) is 0.800. The van der Waals surface area contributed by atoms with Gasteiger partial charge < -0.3 is 9.84 Å². The Balaban J connectivity index is 0.000000810. The second kappa shape index (κ2) is 3.67. The third kappa shape index (κ3) is 2.54. The van der Waals surface area contributed by atoms with Crippen molar-refractivity contribution in [3.8, 4) is 0 Å². The van der Waals surface area contributed by atoms with E-state index in [1.165, 1.54) is 0 Å². The number of carbonyl (C=O) groups is 1. The predicted octanol–water partition coefficient (Wildman–Crippen LogP) is -0.181. The van der Waals surface area contributed by atoms with Gasteiger partial charge in [0.1, 0.15) is 0 Å². The van der Waals surface area contributed by atoms with Crippen molar-refractivity contribution < 1.29 is 19.0 Å². The van der Waals surface area contributed by atoms with Gasteiger partial charge in [0.25, 0.3) is 0 Å². The van der Waals surface area contributed by atoms with Crippen molar-refractivity contribution in [3.05, 3.63) is 0 Å². The van der Waals surface area contributed by atoms with Crippen molar-refractivity contribution in [3.63, 3.8) is 0 Å². The van der Waals surface area contributed by atoms with E-state index in [0.29, 0.717) is 0 Å². The van der Waals surface area contributed by atoms with E-state index in [1.54, 1.807) is 0 Å². The molecule has 10 heavy (non-hydrogen) atoms. The van der Waals surface area contributed by atoms with Crippen molar-refractivity contribution in [1.29, 1.82) is 0 Å². The minimum atomic E-state index is -1.58. The minimum absolute atomic E-state index is 0. The Morgan fingerprint density at radius 1 is 1.70 bits per heavy atom. The van der Waals surface area contributed by atoms with Crippen LogP contribution in [-0.4, -0.2) is 59.5 Å². The molecule has 0 aromatic heterocycles. The second-order valence-corrected chi connectivity index (χ2v) is 2.21. The number of rotatable bonds is 2. The van der Waals surface area contributed by atoms with Crippen LogP contribution >= 0.6 is 0 Å². The largest absolute Gasteiger partial charge is 0.481 e. The fourth-order valence-corrected chi connectivity index (χ4v) is 0.697. The molecule has 0 spiro atoms. The molecule has 0 aromatic carbocycles. The summed E-state index contributed by atoms with van der Waals surface area (Å²) >= 11 is 0. The van der Waals surface area contributed by atoms with E-state index < -0.39 is 18.1 Å². The molecule has 1 saturated heterocycles. The Morgan fingerprint density at radius 2 is 2.20 bits per heavy atom. The van der Waals surface area contributed by atoms with Gasteiger partial charge in [-0.25, -0.2) is 4.39 Å². The summed E-state index contributed by atoms with van der Waals surface area (Å²) in [6, 6.07) is 0. The molecular formula is C5H7FNaO3. The number of hydrogen-bond acceptors (Lipinski definition) is 2. The molecule has 0 unspecified atom stereocenters. The number of halogens is 1. The summed E-state index contributed by atoms with van der Waals surface area (Å²) < 4.78 is 17.2. The molecule has 0 aliphatic carbocycles. The van der Waals surface area contributed by atoms with E-state index in [1.807, 2.05) is 0 Å². The molecule has 0 saturated carbocycles. The summed E-state index contributed by atoms with van der Waals surface area (Å²) in [4.78, 5) is 9.91. The molecule has 1 aliphatic rings. The van der Waals surface area contributed by atoms with Gasteiger partial charge in [-0.15, -0.1) is 0 Å². The predicted molar refractivity (Wildman–Crippen MR) is 32.7 cm³/mol. The van der Waals surface area contributed by atoms with Gasteiger partial charge in [-0.2, -0.15) is 0 Å². The van der Waals surface area contributed by atoms with Crippen LogP contribution in [-0.2, 0) is 9.53 Å². The molecule has 0 atom stereocenters. The molecule has 1 rings (SSSR count). The summed E-state index contributed by atoms with van der Waals surface area (Å²) in [5.41, 5.74) is -1.58. The molecule has 0 aromatic rings. The first-order valence-corrected chi connectivity index (χ1v) is 2.61. The van der Waals surface area contributed by atoms with Crippen LogP contribution in [0.15, 0.2) is 0 Å². The molecule has 1 N–H and O–H groups in total. The average molecular weight is 157 g/mol. The van der Waals surface area contributed by atoms with Crippen molar-refractivity contribution in [2.75, 3.05) is 13.2 Å². The van der Waals surface area contributed by atoms with Crippen molar-refractivity contribution in [2.24, 2.45) is 0 Å². The van der Waals surface area contributed by atoms with Gasteiger partial charge in [0.2, 0.25) is 0 Å². The summed E-state index contributed by atoms with van der Waals surface area (Å²) in [6.07, 6.45) is -0.438. The Bertz CT molecular complexity index is 135. The maximum Gasteiger partial charge on any atom is 0.306 e. The smallest absolute Gasteiger partial charge is 0.306 e. The van der Waals surface area contributed by atoms with Gasteiger partial charge in [0, 0.05) is 29.6 Å². The normalized spacial score (nSPS) is 20.5. The van der Waals surface area contributed by atoms with Crippen LogP contribution in [0.4, 0.5) is 4.39 Å². The third-order valence-electron chi connectivity index (χ3n) is 1.19. The number of aliphatic carboxylic acids is 1. The Labute approximate surface area is 79.8 Å². The van der Waals surface area contributed by atoms with E-state index >= 15 is 0 Å². The molecule has 1 aliphatic heterocycles. The van der Waals surface area contributed by atoms with Crippen LogP contribution in [0.3, 0.4) is 0 Å². The number of carboxylic acids is 1. The Morgan fingerprint density at radius 3 is 2.30 bits per heavy atom. The van der Waals surface area contributed by atoms with E-state index in [0.717, 1.165) is 0 Å². The van der Waals surface area contributed by atoms with E-state index in [4.69, 9.17) is 5.11 Å². The van der Waals surface area contributed by atoms with Crippen LogP contribution in [0.2, 0.25) is 0 Å². The standard InChI is InChI=1S/C5H7FO3.Na/c6-5(1-4(7)8)2-9-3-5;/h1-3H2,(H,7,8);. The number of alkyl halides is 1. The molecule has 0 bridgehead atoms. The van der Waals surface area contributed by atoms with Gasteiger partial charge in [-0.05, 0) is 0 Å². The van der Waals surface area contributed by atoms with Crippen LogP contribution in [0, 0.1) is 0 Å². The van der Waals surface area contributed by atoms with Crippen molar-refractivity contribution in [1.82, 2.24) is 0 Å². The topological polar surface area (TPSA) is 46.5 Å². The monoisotopic (exact) mass is 157 g/mol. The molecule has 1 radical (unpaired) electrons. The average Bonchev–Trinajstić information content (AvgIpc) is 1.60. The Hall–Kier alpha value is 0.360. The molecule has 5 heteroatoms. The number of ether oxygens (including phenoxy) is 1. The van der Waals surface area contributed by atoms with Crippen LogP contribution < -0.4 is 0 Å². The summed E-state index contributed by atoms with van der Waals surface area (Å²) in [5, 5.41) is 8.12.